The number of hydrogen-bond donors (Lipinski definition) is 10. The smallest absolute Gasteiger partial charge is 0.159 e. The molecular formula is C112H76Br2ClN17. The van der Waals surface area contributed by atoms with Crippen molar-refractivity contribution in [3.8, 4) is 45.7 Å². The Bertz CT molecular complexity index is 9490. The molecule has 0 bridgehead atoms. The Labute approximate surface area is 774 Å². The summed E-state index contributed by atoms with van der Waals surface area (Å²) in [6.07, 6.45) is 6.01. The van der Waals surface area contributed by atoms with Crippen molar-refractivity contribution < 1.29 is 1.43 Å². The number of aryl methyl sites for hydroxylation is 2. The number of anilines is 1. The number of fused-ring (bicyclic) bond motifs is 30. The van der Waals surface area contributed by atoms with Gasteiger partial charge in [0.2, 0.25) is 0 Å². The first-order valence-corrected chi connectivity index (χ1v) is 45.6. The van der Waals surface area contributed by atoms with Crippen LogP contribution in [0.2, 0.25) is 5.15 Å². The molecule has 10 heterocycles. The average Bonchev–Trinajstić information content (AvgIpc) is 1.61. The first-order chi connectivity index (χ1) is 65.0. The highest BCUT2D eigenvalue weighted by Gasteiger charge is 2.24. The highest BCUT2D eigenvalue weighted by molar-refractivity contribution is 9.10. The fourth-order valence-corrected chi connectivity index (χ4v) is 20.6. The molecule has 0 fully saturated rings. The summed E-state index contributed by atoms with van der Waals surface area (Å²) in [6.45, 7) is 4.94. The van der Waals surface area contributed by atoms with E-state index in [1.165, 1.54) is 75.6 Å². The number of rotatable bonds is 9. The minimum absolute atomic E-state index is 0. The van der Waals surface area contributed by atoms with E-state index in [9.17, 15) is 0 Å². The van der Waals surface area contributed by atoms with Crippen molar-refractivity contribution in [2.75, 3.05) is 5.32 Å². The minimum atomic E-state index is 0. The van der Waals surface area contributed by atoms with Crippen LogP contribution in [0.25, 0.3) is 241 Å². The van der Waals surface area contributed by atoms with Crippen LogP contribution < -0.4 is 5.32 Å². The van der Waals surface area contributed by atoms with Gasteiger partial charge < -0.3 is 45.2 Å². The van der Waals surface area contributed by atoms with E-state index in [1.54, 1.807) is 0 Å². The monoisotopic (exact) mass is 1850 g/mol. The van der Waals surface area contributed by atoms with Gasteiger partial charge in [-0.25, -0.2) is 24.9 Å². The summed E-state index contributed by atoms with van der Waals surface area (Å²) in [5.74, 6) is 3.29. The molecule has 0 amide bonds. The summed E-state index contributed by atoms with van der Waals surface area (Å²) in [5, 5.41) is 37.3. The second-order valence-electron chi connectivity index (χ2n) is 33.5. The molecule has 0 aliphatic rings. The molecule has 0 aliphatic carbocycles. The lowest BCUT2D eigenvalue weighted by atomic mass is 9.99. The predicted molar refractivity (Wildman–Crippen MR) is 558 cm³/mol. The second kappa shape index (κ2) is 31.6. The van der Waals surface area contributed by atoms with Crippen LogP contribution in [0.3, 0.4) is 0 Å². The van der Waals surface area contributed by atoms with Crippen LogP contribution in [-0.2, 0) is 6.54 Å². The van der Waals surface area contributed by atoms with Crippen LogP contribution in [0.1, 0.15) is 23.9 Å². The number of pyridine rings is 1. The third-order valence-electron chi connectivity index (χ3n) is 25.8. The Kier molecular flexibility index (Phi) is 18.6. The Morgan fingerprint density at radius 2 is 0.765 bits per heavy atom. The van der Waals surface area contributed by atoms with E-state index >= 15 is 0 Å². The number of aliphatic imine (C=N–C) groups is 1. The first-order valence-electron chi connectivity index (χ1n) is 43.7. The zero-order valence-electron chi connectivity index (χ0n) is 70.8. The molecule has 630 valence electrons. The van der Waals surface area contributed by atoms with Crippen LogP contribution in [0, 0.1) is 13.8 Å². The Balaban J connectivity index is 0.0000000988. The van der Waals surface area contributed by atoms with Gasteiger partial charge in [0.05, 0.1) is 66.4 Å². The van der Waals surface area contributed by atoms with Crippen LogP contribution >= 0.6 is 43.5 Å². The van der Waals surface area contributed by atoms with Crippen LogP contribution in [0.5, 0.6) is 0 Å². The summed E-state index contributed by atoms with van der Waals surface area (Å²) in [5.41, 5.74) is 24.8. The largest absolute Gasteiger partial charge is 0.381 e. The Morgan fingerprint density at radius 1 is 0.341 bits per heavy atom. The molecule has 0 radical (unpaired) electrons. The molecule has 28 rings (SSSR count). The highest BCUT2D eigenvalue weighted by Crippen LogP contribution is 2.45. The number of aromatic nitrogens is 15. The molecule has 0 spiro atoms. The number of nitrogens with one attached hydrogen (secondary N) is 10. The summed E-state index contributed by atoms with van der Waals surface area (Å²) < 4.78 is 2.13. The number of halogens is 3. The van der Waals surface area contributed by atoms with Gasteiger partial charge in [0.25, 0.3) is 0 Å². The number of benzene rings is 18. The van der Waals surface area contributed by atoms with Gasteiger partial charge in [-0.15, -0.1) is 0 Å². The molecule has 0 atom stereocenters. The van der Waals surface area contributed by atoms with E-state index in [0.717, 1.165) is 215 Å². The van der Waals surface area contributed by atoms with Gasteiger partial charge in [-0.05, 0) is 153 Å². The normalized spacial score (nSPS) is 12.0. The second-order valence-corrected chi connectivity index (χ2v) is 35.7. The van der Waals surface area contributed by atoms with Gasteiger partial charge >= 0.3 is 0 Å². The third kappa shape index (κ3) is 13.2. The number of nitrogens with zero attached hydrogens (tertiary/aromatic N) is 7. The van der Waals surface area contributed by atoms with Crippen molar-refractivity contribution >= 4 is 257 Å². The van der Waals surface area contributed by atoms with Crippen molar-refractivity contribution in [1.29, 1.82) is 0 Å². The molecule has 132 heavy (non-hydrogen) atoms. The van der Waals surface area contributed by atoms with Crippen LogP contribution in [-0.4, -0.2) is 81.2 Å². The molecule has 0 aliphatic heterocycles. The molecule has 10 aromatic heterocycles. The number of hydrogen-bond acceptors (Lipinski definition) is 8. The highest BCUT2D eigenvalue weighted by atomic mass is 79.9. The lowest BCUT2D eigenvalue weighted by Gasteiger charge is -2.10. The molecule has 0 saturated carbocycles. The molecule has 10 N–H and O–H groups in total. The average molecular weight is 1860 g/mol. The fraction of sp³-hybridized carbons (Fsp3) is 0.0268. The predicted octanol–water partition coefficient (Wildman–Crippen LogP) is 30.9. The number of imidazole rings is 4. The molecule has 17 nitrogen and oxygen atoms in total. The maximum atomic E-state index is 6.53. The molecule has 18 aromatic carbocycles. The summed E-state index contributed by atoms with van der Waals surface area (Å²) >= 11 is 13.7. The molecule has 0 saturated heterocycles. The number of para-hydroxylation sites is 4. The lowest BCUT2D eigenvalue weighted by Crippen LogP contribution is -1.98. The van der Waals surface area contributed by atoms with Crippen LogP contribution in [0.4, 0.5) is 11.4 Å². The summed E-state index contributed by atoms with van der Waals surface area (Å²) in [7, 11) is 0. The maximum Gasteiger partial charge on any atom is 0.159 e. The molecule has 20 heteroatoms. The zero-order valence-corrected chi connectivity index (χ0v) is 74.7. The van der Waals surface area contributed by atoms with Crippen molar-refractivity contribution in [3.05, 3.63) is 371 Å². The molecule has 0 unspecified atom stereocenters. The lowest BCUT2D eigenvalue weighted by molar-refractivity contribution is 1.11. The summed E-state index contributed by atoms with van der Waals surface area (Å²) in [6, 6.07) is 111. The standard InChI is InChI=1S/C33H24BrN5.C33H22BrN5.C24H14ClN3.C22H14N4.H2/c2*1-18-30(25-8-4-5-9-29(25)37-18)33-38-31-24-7-3-2-6-22(24)23-12-11-21(15-27(23)32(31)39-33)35-16-19-17-36-28-13-10-20(34)14-26(19)28;25-23-19(13-14-7-1-6-12-20(14)26-23)24-27-21-17-10-4-2-8-15(17)16-9-3-5-11-18(16)22(21)28-24;1-3-9-15-13(7-1)14-8-2-4-10-16(14)20-19(15)23-22(24-20)21-17-11-5-6-12-18(17)25-26-21;/h2-15,17,35-37H,16H2,1H3,(H,38,39);2-17,36-37H,1H3,(H,38,39);1-13H,(H,27,28);1-12H,(H,23,24)(H,25,26);1H. The van der Waals surface area contributed by atoms with Crippen molar-refractivity contribution in [2.45, 2.75) is 20.4 Å². The minimum Gasteiger partial charge on any atom is -0.381 e. The van der Waals surface area contributed by atoms with Gasteiger partial charge in [0.15, 0.2) is 5.82 Å². The summed E-state index contributed by atoms with van der Waals surface area (Å²) in [4.78, 5) is 57.9. The van der Waals surface area contributed by atoms with Gasteiger partial charge in [-0.3, -0.25) is 10.1 Å². The third-order valence-corrected chi connectivity index (χ3v) is 27.1. The molecule has 28 aromatic rings. The Hall–Kier alpha value is -16.3. The number of H-pyrrole nitrogens is 9. The van der Waals surface area contributed by atoms with Crippen LogP contribution in [0.15, 0.2) is 348 Å². The number of aromatic amines is 9. The van der Waals surface area contributed by atoms with Crippen molar-refractivity contribution in [2.24, 2.45) is 4.99 Å². The van der Waals surface area contributed by atoms with E-state index in [-0.39, 0.29) is 1.43 Å². The fourth-order valence-electron chi connectivity index (χ4n) is 19.7. The van der Waals surface area contributed by atoms with Crippen molar-refractivity contribution in [1.82, 2.24) is 75.0 Å². The van der Waals surface area contributed by atoms with Crippen molar-refractivity contribution in [3.63, 3.8) is 0 Å². The van der Waals surface area contributed by atoms with Gasteiger partial charge in [-0.2, -0.15) is 5.10 Å². The van der Waals surface area contributed by atoms with E-state index in [2.05, 4.69) is 379 Å². The van der Waals surface area contributed by atoms with E-state index in [1.807, 2.05) is 67.0 Å². The molecular weight excluding hydrogens is 1780 g/mol. The van der Waals surface area contributed by atoms with Gasteiger partial charge in [0, 0.05) is 167 Å². The quantitative estimate of drug-likeness (QED) is 0.0380. The Morgan fingerprint density at radius 3 is 1.35 bits per heavy atom. The first kappa shape index (κ1) is 78.0. The zero-order chi connectivity index (χ0) is 87.9. The topological polar surface area (TPSA) is 244 Å². The van der Waals surface area contributed by atoms with E-state index in [0.29, 0.717) is 5.15 Å². The van der Waals surface area contributed by atoms with Gasteiger partial charge in [-0.1, -0.05) is 274 Å². The van der Waals surface area contributed by atoms with Gasteiger partial charge in [0.1, 0.15) is 28.3 Å². The SMILES string of the molecule is Cc1[nH]c2ccccc2c1-c1nc2c3cc(NCc4c[nH]c5ccc(Br)cc45)ccc3c3ccccc3c2[nH]1.Cc1[nH]c2ccccc2c1-c1nc2c3ccccc3c3ccc(N=Cc4c[nH]c5ccc(Br)cc45)cc3c2[nH]1.Clc1nc2ccccc2cc1-c1nc2c3ccccc3c3ccccc3c2[nH]1.[HH].c1ccc2c(-c3nc4c5ccccc5c5ccccc5c4[nH]3)n[nH]c2c1. The maximum absolute atomic E-state index is 6.53. The van der Waals surface area contributed by atoms with E-state index < -0.39 is 0 Å². The van der Waals surface area contributed by atoms with E-state index in [4.69, 9.17) is 36.5 Å².